The molecule has 0 amide bonds. The van der Waals surface area contributed by atoms with E-state index in [9.17, 15) is 8.60 Å². The van der Waals surface area contributed by atoms with Crippen molar-refractivity contribution < 1.29 is 18.1 Å². The molecule has 1 N–H and O–H groups in total. The zero-order chi connectivity index (χ0) is 17.3. The van der Waals surface area contributed by atoms with Gasteiger partial charge in [0.05, 0.1) is 22.4 Å². The lowest BCUT2D eigenvalue weighted by Crippen LogP contribution is -1.95. The van der Waals surface area contributed by atoms with Gasteiger partial charge >= 0.3 is 0 Å². The largest absolute Gasteiger partial charge is 0.494 e. The summed E-state index contributed by atoms with van der Waals surface area (Å²) in [5.74, 6) is 0.548. The highest BCUT2D eigenvalue weighted by atomic mass is 32.2. The molecule has 1 heterocycles. The van der Waals surface area contributed by atoms with Gasteiger partial charge in [-0.25, -0.2) is 13.4 Å². The van der Waals surface area contributed by atoms with E-state index in [-0.39, 0.29) is 5.75 Å². The smallest absolute Gasteiger partial charge is 0.165 e. The molecule has 0 bridgehead atoms. The SMILES string of the molecule is COc1cc2nccc(Oc3ccc([S@](C)(=N)=O)cc3)c2cc1F. The topological polar surface area (TPSA) is 72.3 Å². The number of fused-ring (bicyclic) bond motifs is 1. The van der Waals surface area contributed by atoms with E-state index in [2.05, 4.69) is 4.98 Å². The molecule has 124 valence electrons. The number of rotatable bonds is 4. The number of ether oxygens (including phenoxy) is 2. The Bertz CT molecular complexity index is 1000. The number of benzene rings is 2. The van der Waals surface area contributed by atoms with Crippen molar-refractivity contribution in [1.29, 1.82) is 4.78 Å². The van der Waals surface area contributed by atoms with Crippen molar-refractivity contribution in [2.45, 2.75) is 4.90 Å². The zero-order valence-electron chi connectivity index (χ0n) is 13.1. The number of methoxy groups -OCH3 is 1. The Kier molecular flexibility index (Phi) is 4.11. The second-order valence-corrected chi connectivity index (χ2v) is 7.39. The maximum Gasteiger partial charge on any atom is 0.165 e. The number of hydrogen-bond acceptors (Lipinski definition) is 5. The van der Waals surface area contributed by atoms with Crippen molar-refractivity contribution in [2.75, 3.05) is 13.4 Å². The molecule has 0 radical (unpaired) electrons. The van der Waals surface area contributed by atoms with E-state index in [0.29, 0.717) is 27.3 Å². The van der Waals surface area contributed by atoms with E-state index < -0.39 is 15.5 Å². The molecular weight excluding hydrogens is 331 g/mol. The Balaban J connectivity index is 1.99. The highest BCUT2D eigenvalue weighted by Crippen LogP contribution is 2.32. The van der Waals surface area contributed by atoms with Gasteiger partial charge in [-0.1, -0.05) is 0 Å². The quantitative estimate of drug-likeness (QED) is 0.768. The molecule has 0 unspecified atom stereocenters. The normalized spacial score (nSPS) is 13.5. The molecule has 0 saturated carbocycles. The molecule has 0 aliphatic heterocycles. The van der Waals surface area contributed by atoms with Gasteiger partial charge in [-0.3, -0.25) is 4.98 Å². The molecular formula is C17H15FN2O3S. The van der Waals surface area contributed by atoms with E-state index >= 15 is 0 Å². The van der Waals surface area contributed by atoms with Crippen LogP contribution in [0.1, 0.15) is 0 Å². The number of nitrogens with zero attached hydrogens (tertiary/aromatic N) is 1. The second kappa shape index (κ2) is 6.09. The van der Waals surface area contributed by atoms with Crippen LogP contribution < -0.4 is 9.47 Å². The molecule has 0 saturated heterocycles. The van der Waals surface area contributed by atoms with Crippen molar-refractivity contribution >= 4 is 20.6 Å². The molecule has 7 heteroatoms. The molecule has 0 spiro atoms. The minimum absolute atomic E-state index is 0.115. The van der Waals surface area contributed by atoms with Crippen LogP contribution in [0.25, 0.3) is 10.9 Å². The number of halogens is 1. The second-order valence-electron chi connectivity index (χ2n) is 5.23. The van der Waals surface area contributed by atoms with Crippen LogP contribution in [0.15, 0.2) is 53.6 Å². The fourth-order valence-corrected chi connectivity index (χ4v) is 2.92. The summed E-state index contributed by atoms with van der Waals surface area (Å²) in [6, 6.07) is 10.9. The van der Waals surface area contributed by atoms with Gasteiger partial charge in [0.2, 0.25) is 0 Å². The molecule has 0 aliphatic carbocycles. The average Bonchev–Trinajstić information content (AvgIpc) is 2.54. The van der Waals surface area contributed by atoms with Gasteiger partial charge in [-0.05, 0) is 36.4 Å². The van der Waals surface area contributed by atoms with Gasteiger partial charge in [-0.15, -0.1) is 0 Å². The number of pyridine rings is 1. The molecule has 0 fully saturated rings. The number of hydrogen-bond donors (Lipinski definition) is 1. The molecule has 5 nitrogen and oxygen atoms in total. The van der Waals surface area contributed by atoms with Gasteiger partial charge in [0, 0.05) is 28.8 Å². The van der Waals surface area contributed by atoms with Crippen molar-refractivity contribution in [3.8, 4) is 17.2 Å². The third-order valence-corrected chi connectivity index (χ3v) is 4.65. The Morgan fingerprint density at radius 3 is 2.46 bits per heavy atom. The first-order valence-corrected chi connectivity index (χ1v) is 8.99. The van der Waals surface area contributed by atoms with Crippen molar-refractivity contribution in [1.82, 2.24) is 4.98 Å². The molecule has 24 heavy (non-hydrogen) atoms. The summed E-state index contributed by atoms with van der Waals surface area (Å²) >= 11 is 0. The molecule has 2 aromatic carbocycles. The molecule has 0 aliphatic rings. The van der Waals surface area contributed by atoms with E-state index in [1.807, 2.05) is 0 Å². The van der Waals surface area contributed by atoms with E-state index in [0.717, 1.165) is 0 Å². The van der Waals surface area contributed by atoms with Gasteiger partial charge in [0.25, 0.3) is 0 Å². The van der Waals surface area contributed by atoms with Gasteiger partial charge in [0.15, 0.2) is 11.6 Å². The summed E-state index contributed by atoms with van der Waals surface area (Å²) in [5, 5.41) is 0.514. The lowest BCUT2D eigenvalue weighted by Gasteiger charge is -2.10. The first-order valence-electron chi connectivity index (χ1n) is 7.02. The van der Waals surface area contributed by atoms with Crippen LogP contribution >= 0.6 is 0 Å². The van der Waals surface area contributed by atoms with Crippen LogP contribution in [0.5, 0.6) is 17.2 Å². The van der Waals surface area contributed by atoms with Crippen LogP contribution in [0.3, 0.4) is 0 Å². The number of aromatic nitrogens is 1. The summed E-state index contributed by atoms with van der Waals surface area (Å²) in [4.78, 5) is 4.61. The highest BCUT2D eigenvalue weighted by Gasteiger charge is 2.11. The summed E-state index contributed by atoms with van der Waals surface area (Å²) in [6.07, 6.45) is 2.92. The maximum atomic E-state index is 14.0. The van der Waals surface area contributed by atoms with E-state index in [1.54, 1.807) is 36.5 Å². The first kappa shape index (κ1) is 16.2. The first-order chi connectivity index (χ1) is 11.4. The molecule has 1 aromatic heterocycles. The van der Waals surface area contributed by atoms with Crippen LogP contribution in [0.4, 0.5) is 4.39 Å². The molecule has 3 rings (SSSR count). The average molecular weight is 346 g/mol. The zero-order valence-corrected chi connectivity index (χ0v) is 13.9. The Morgan fingerprint density at radius 2 is 1.83 bits per heavy atom. The third-order valence-electron chi connectivity index (χ3n) is 3.48. The summed E-state index contributed by atoms with van der Waals surface area (Å²) in [6.45, 7) is 0. The van der Waals surface area contributed by atoms with E-state index in [1.165, 1.54) is 25.5 Å². The van der Waals surface area contributed by atoms with Crippen LogP contribution in [-0.2, 0) is 9.73 Å². The van der Waals surface area contributed by atoms with Crippen molar-refractivity contribution in [3.63, 3.8) is 0 Å². The Hall–Kier alpha value is -2.67. The third kappa shape index (κ3) is 3.16. The Labute approximate surface area is 139 Å². The van der Waals surface area contributed by atoms with Gasteiger partial charge in [-0.2, -0.15) is 0 Å². The van der Waals surface area contributed by atoms with E-state index in [4.69, 9.17) is 14.3 Å². The maximum absolute atomic E-state index is 14.0. The lowest BCUT2D eigenvalue weighted by molar-refractivity contribution is 0.387. The van der Waals surface area contributed by atoms with Crippen molar-refractivity contribution in [2.24, 2.45) is 0 Å². The Morgan fingerprint density at radius 1 is 1.12 bits per heavy atom. The van der Waals surface area contributed by atoms with Gasteiger partial charge in [0.1, 0.15) is 11.5 Å². The fourth-order valence-electron chi connectivity index (χ4n) is 2.26. The molecule has 1 atom stereocenters. The van der Waals surface area contributed by atoms with Crippen LogP contribution in [0, 0.1) is 10.6 Å². The van der Waals surface area contributed by atoms with Gasteiger partial charge < -0.3 is 9.47 Å². The minimum atomic E-state index is -2.77. The predicted molar refractivity (Wildman–Crippen MR) is 89.8 cm³/mol. The fraction of sp³-hybridized carbons (Fsp3) is 0.118. The number of nitrogens with one attached hydrogen (secondary N) is 1. The predicted octanol–water partition coefficient (Wildman–Crippen LogP) is 4.21. The molecule has 3 aromatic rings. The minimum Gasteiger partial charge on any atom is -0.494 e. The summed E-state index contributed by atoms with van der Waals surface area (Å²) in [5.41, 5.74) is 0.546. The summed E-state index contributed by atoms with van der Waals surface area (Å²) < 4.78 is 44.0. The standard InChI is InChI=1S/C17H15FN2O3S/c1-22-17-10-15-13(9-14(17)18)16(7-8-20-15)23-11-3-5-12(6-4-11)24(2,19)21/h3-10,19H,1-2H3/t24-/m1/s1. The monoisotopic (exact) mass is 346 g/mol. The van der Waals surface area contributed by atoms with Crippen LogP contribution in [-0.4, -0.2) is 22.6 Å². The van der Waals surface area contributed by atoms with Crippen molar-refractivity contribution in [3.05, 3.63) is 54.5 Å². The lowest BCUT2D eigenvalue weighted by atomic mass is 10.2. The van der Waals surface area contributed by atoms with Crippen LogP contribution in [0.2, 0.25) is 0 Å². The highest BCUT2D eigenvalue weighted by molar-refractivity contribution is 7.91. The summed E-state index contributed by atoms with van der Waals surface area (Å²) in [7, 11) is -1.38.